The van der Waals surface area contributed by atoms with Crippen molar-refractivity contribution < 1.29 is 22.1 Å². The zero-order valence-electron chi connectivity index (χ0n) is 15.7. The van der Waals surface area contributed by atoms with E-state index in [-0.39, 0.29) is 28.8 Å². The van der Waals surface area contributed by atoms with Gasteiger partial charge in [-0.15, -0.1) is 0 Å². The van der Waals surface area contributed by atoms with Crippen LogP contribution < -0.4 is 5.32 Å². The van der Waals surface area contributed by atoms with Crippen molar-refractivity contribution in [2.24, 2.45) is 5.92 Å². The first kappa shape index (κ1) is 20.2. The fourth-order valence-corrected chi connectivity index (χ4v) is 5.06. The second-order valence-electron chi connectivity index (χ2n) is 6.63. The minimum Gasteiger partial charge on any atom is -0.359 e. The highest BCUT2D eigenvalue weighted by Crippen LogP contribution is 2.29. The Labute approximate surface area is 163 Å². The van der Waals surface area contributed by atoms with Gasteiger partial charge in [0.25, 0.3) is 0 Å². The minimum absolute atomic E-state index is 0.0304. The summed E-state index contributed by atoms with van der Waals surface area (Å²) in [5.74, 6) is -0.973. The first-order chi connectivity index (χ1) is 13.3. The third kappa shape index (κ3) is 4.00. The number of aryl methyl sites for hydroxylation is 1. The van der Waals surface area contributed by atoms with Crippen LogP contribution in [-0.2, 0) is 14.8 Å². The van der Waals surface area contributed by atoms with E-state index in [4.69, 9.17) is 4.52 Å². The van der Waals surface area contributed by atoms with Crippen LogP contribution in [-0.4, -0.2) is 43.9 Å². The van der Waals surface area contributed by atoms with E-state index in [9.17, 15) is 17.6 Å². The Morgan fingerprint density at radius 1 is 1.36 bits per heavy atom. The third-order valence-corrected chi connectivity index (χ3v) is 6.78. The van der Waals surface area contributed by atoms with Crippen LogP contribution >= 0.6 is 0 Å². The third-order valence-electron chi connectivity index (χ3n) is 4.75. The summed E-state index contributed by atoms with van der Waals surface area (Å²) < 4.78 is 46.7. The molecular formula is C19H22FN3O4S. The van der Waals surface area contributed by atoms with E-state index in [2.05, 4.69) is 10.5 Å². The van der Waals surface area contributed by atoms with Crippen molar-refractivity contribution in [3.05, 3.63) is 47.1 Å². The van der Waals surface area contributed by atoms with Gasteiger partial charge in [0.1, 0.15) is 11.5 Å². The normalized spacial score (nSPS) is 18.5. The first-order valence-electron chi connectivity index (χ1n) is 8.95. The summed E-state index contributed by atoms with van der Waals surface area (Å²) in [5, 5.41) is 6.35. The maximum Gasteiger partial charge on any atom is 0.248 e. The SMILES string of the molecule is CNC(=O)[C@@H]1CCCN(S(=O)(=O)c2c(C)noc2/C=C/c2ccccc2F)C1. The Balaban J connectivity index is 1.92. The molecule has 7 nitrogen and oxygen atoms in total. The van der Waals surface area contributed by atoms with Gasteiger partial charge in [0.05, 0.1) is 5.92 Å². The second kappa shape index (κ2) is 8.24. The van der Waals surface area contributed by atoms with Crippen molar-refractivity contribution in [2.45, 2.75) is 24.7 Å². The molecule has 0 bridgehead atoms. The molecule has 1 fully saturated rings. The molecule has 0 spiro atoms. The average Bonchev–Trinajstić information content (AvgIpc) is 3.08. The number of benzene rings is 1. The number of aromatic nitrogens is 1. The van der Waals surface area contributed by atoms with Crippen LogP contribution in [0.3, 0.4) is 0 Å². The summed E-state index contributed by atoms with van der Waals surface area (Å²) in [5.41, 5.74) is 0.521. The van der Waals surface area contributed by atoms with Crippen molar-refractivity contribution >= 4 is 28.1 Å². The minimum atomic E-state index is -3.92. The highest BCUT2D eigenvalue weighted by Gasteiger charge is 2.36. The van der Waals surface area contributed by atoms with Gasteiger partial charge in [-0.1, -0.05) is 23.4 Å². The Kier molecular flexibility index (Phi) is 5.95. The molecule has 1 amide bonds. The van der Waals surface area contributed by atoms with Crippen LogP contribution in [0.1, 0.15) is 29.9 Å². The number of hydrogen-bond acceptors (Lipinski definition) is 5. The van der Waals surface area contributed by atoms with Gasteiger partial charge in [-0.25, -0.2) is 12.8 Å². The number of carbonyl (C=O) groups is 1. The molecule has 1 aliphatic rings. The van der Waals surface area contributed by atoms with E-state index in [0.717, 1.165) is 0 Å². The van der Waals surface area contributed by atoms with Crippen molar-refractivity contribution in [1.29, 1.82) is 0 Å². The summed E-state index contributed by atoms with van der Waals surface area (Å²) in [7, 11) is -2.38. The van der Waals surface area contributed by atoms with E-state index < -0.39 is 21.8 Å². The molecule has 28 heavy (non-hydrogen) atoms. The number of amides is 1. The lowest BCUT2D eigenvalue weighted by atomic mass is 9.99. The Bertz CT molecular complexity index is 1000. The summed E-state index contributed by atoms with van der Waals surface area (Å²) in [4.78, 5) is 11.9. The van der Waals surface area contributed by atoms with Gasteiger partial charge < -0.3 is 9.84 Å². The fourth-order valence-electron chi connectivity index (χ4n) is 3.28. The largest absolute Gasteiger partial charge is 0.359 e. The number of piperidine rings is 1. The summed E-state index contributed by atoms with van der Waals surface area (Å²) in [6.07, 6.45) is 4.06. The van der Waals surface area contributed by atoms with Crippen molar-refractivity contribution in [1.82, 2.24) is 14.8 Å². The molecule has 9 heteroatoms. The monoisotopic (exact) mass is 407 g/mol. The highest BCUT2D eigenvalue weighted by atomic mass is 32.2. The molecule has 0 saturated carbocycles. The quantitative estimate of drug-likeness (QED) is 0.822. The van der Waals surface area contributed by atoms with E-state index in [1.807, 2.05) is 0 Å². The van der Waals surface area contributed by atoms with Crippen molar-refractivity contribution in [2.75, 3.05) is 20.1 Å². The molecular weight excluding hydrogens is 385 g/mol. The summed E-state index contributed by atoms with van der Waals surface area (Å²) >= 11 is 0. The van der Waals surface area contributed by atoms with Gasteiger partial charge in [-0.05, 0) is 38.0 Å². The molecule has 1 saturated heterocycles. The molecule has 1 aromatic carbocycles. The van der Waals surface area contributed by atoms with Crippen LogP contribution in [0, 0.1) is 18.7 Å². The lowest BCUT2D eigenvalue weighted by Gasteiger charge is -2.30. The molecule has 1 atom stereocenters. The number of nitrogens with zero attached hydrogens (tertiary/aromatic N) is 2. The van der Waals surface area contributed by atoms with Crippen LogP contribution in [0.2, 0.25) is 0 Å². The standard InChI is InChI=1S/C19H22FN3O4S/c1-13-18(17(27-22-13)10-9-14-6-3-4-8-16(14)20)28(25,26)23-11-5-7-15(12-23)19(24)21-2/h3-4,6,8-10,15H,5,7,11-12H2,1-2H3,(H,21,24)/b10-9+/t15-/m1/s1. The van der Waals surface area contributed by atoms with Crippen molar-refractivity contribution in [3.8, 4) is 0 Å². The fraction of sp³-hybridized carbons (Fsp3) is 0.368. The van der Waals surface area contributed by atoms with Crippen molar-refractivity contribution in [3.63, 3.8) is 0 Å². The lowest BCUT2D eigenvalue weighted by molar-refractivity contribution is -0.125. The van der Waals surface area contributed by atoms with Gasteiger partial charge >= 0.3 is 0 Å². The number of hydrogen-bond donors (Lipinski definition) is 1. The van der Waals surface area contributed by atoms with Crippen LogP contribution in [0.4, 0.5) is 4.39 Å². The summed E-state index contributed by atoms with van der Waals surface area (Å²) in [6.45, 7) is 1.96. The average molecular weight is 407 g/mol. The predicted molar refractivity (Wildman–Crippen MR) is 102 cm³/mol. The molecule has 2 heterocycles. The van der Waals surface area contributed by atoms with Gasteiger partial charge in [-0.3, -0.25) is 4.79 Å². The highest BCUT2D eigenvalue weighted by molar-refractivity contribution is 7.89. The van der Waals surface area contributed by atoms with E-state index in [1.54, 1.807) is 18.2 Å². The molecule has 1 aromatic heterocycles. The Morgan fingerprint density at radius 3 is 2.82 bits per heavy atom. The Morgan fingerprint density at radius 2 is 2.11 bits per heavy atom. The van der Waals surface area contributed by atoms with E-state index >= 15 is 0 Å². The zero-order chi connectivity index (χ0) is 20.3. The number of carbonyl (C=O) groups excluding carboxylic acids is 1. The molecule has 0 unspecified atom stereocenters. The maximum atomic E-state index is 13.8. The second-order valence-corrected chi connectivity index (χ2v) is 8.51. The van der Waals surface area contributed by atoms with Gasteiger partial charge in [0, 0.05) is 25.7 Å². The molecule has 0 radical (unpaired) electrons. The van der Waals surface area contributed by atoms with Gasteiger partial charge in [0.15, 0.2) is 10.7 Å². The molecule has 1 aliphatic heterocycles. The maximum absolute atomic E-state index is 13.8. The Hall–Kier alpha value is -2.52. The van der Waals surface area contributed by atoms with E-state index in [0.29, 0.717) is 24.9 Å². The van der Waals surface area contributed by atoms with Gasteiger partial charge in [0.2, 0.25) is 15.9 Å². The van der Waals surface area contributed by atoms with Crippen LogP contribution in [0.25, 0.3) is 12.2 Å². The predicted octanol–water partition coefficient (Wildman–Crippen LogP) is 2.44. The molecule has 150 valence electrons. The van der Waals surface area contributed by atoms with Crippen LogP contribution in [0.5, 0.6) is 0 Å². The summed E-state index contributed by atoms with van der Waals surface area (Å²) in [6, 6.07) is 6.14. The molecule has 3 rings (SSSR count). The molecule has 1 N–H and O–H groups in total. The number of halogens is 1. The van der Waals surface area contributed by atoms with Gasteiger partial charge in [-0.2, -0.15) is 4.31 Å². The smallest absolute Gasteiger partial charge is 0.248 e. The van der Waals surface area contributed by atoms with Crippen LogP contribution in [0.15, 0.2) is 33.7 Å². The number of nitrogens with one attached hydrogen (secondary N) is 1. The number of sulfonamides is 1. The molecule has 0 aliphatic carbocycles. The van der Waals surface area contributed by atoms with E-state index in [1.165, 1.54) is 36.5 Å². The zero-order valence-corrected chi connectivity index (χ0v) is 16.5. The lowest BCUT2D eigenvalue weighted by Crippen LogP contribution is -2.44. The molecule has 2 aromatic rings. The number of rotatable bonds is 5. The topological polar surface area (TPSA) is 92.5 Å². The first-order valence-corrected chi connectivity index (χ1v) is 10.4.